The summed E-state index contributed by atoms with van der Waals surface area (Å²) in [5.74, 6) is -3.36. The molecule has 2 aliphatic rings. The van der Waals surface area contributed by atoms with Crippen molar-refractivity contribution in [3.63, 3.8) is 0 Å². The smallest absolute Gasteiger partial charge is 0.333 e. The molecule has 0 amide bonds. The second kappa shape index (κ2) is 5.24. The van der Waals surface area contributed by atoms with Gasteiger partial charge in [-0.2, -0.15) is 0 Å². The molecule has 0 radical (unpaired) electrons. The molecule has 2 bridgehead atoms. The third kappa shape index (κ3) is 2.29. The highest BCUT2D eigenvalue weighted by molar-refractivity contribution is 5.97. The zero-order valence-electron chi connectivity index (χ0n) is 11.5. The van der Waals surface area contributed by atoms with Gasteiger partial charge in [-0.1, -0.05) is 6.58 Å². The van der Waals surface area contributed by atoms with Crippen LogP contribution in [0.4, 0.5) is 0 Å². The predicted molar refractivity (Wildman–Crippen MR) is 64.4 cm³/mol. The van der Waals surface area contributed by atoms with Crippen LogP contribution in [0.15, 0.2) is 12.2 Å². The molecular weight excluding hydrogens is 268 g/mol. The van der Waals surface area contributed by atoms with Crippen LogP contribution in [0.5, 0.6) is 0 Å². The van der Waals surface area contributed by atoms with Crippen molar-refractivity contribution in [2.45, 2.75) is 38.3 Å². The van der Waals surface area contributed by atoms with E-state index in [1.807, 2.05) is 0 Å². The van der Waals surface area contributed by atoms with Crippen LogP contribution in [0.2, 0.25) is 0 Å². The standard InChI is InChI=1S/C13H16O7/c1-5(2)11(14)20-10-8-6(3)18-9(10)7(12(15)17-4)13(16)19-8/h6-10H,1H2,2-4H3. The molecule has 20 heavy (non-hydrogen) atoms. The van der Waals surface area contributed by atoms with E-state index in [9.17, 15) is 14.4 Å². The van der Waals surface area contributed by atoms with Crippen LogP contribution < -0.4 is 0 Å². The van der Waals surface area contributed by atoms with E-state index in [4.69, 9.17) is 14.2 Å². The minimum Gasteiger partial charge on any atom is -0.468 e. The molecule has 0 aliphatic carbocycles. The quantitative estimate of drug-likeness (QED) is 0.311. The van der Waals surface area contributed by atoms with Crippen molar-refractivity contribution in [1.29, 1.82) is 0 Å². The number of rotatable bonds is 3. The van der Waals surface area contributed by atoms with E-state index >= 15 is 0 Å². The Kier molecular flexibility index (Phi) is 3.80. The fraction of sp³-hybridized carbons (Fsp3) is 0.615. The summed E-state index contributed by atoms with van der Waals surface area (Å²) >= 11 is 0. The Balaban J connectivity index is 2.25. The van der Waals surface area contributed by atoms with Gasteiger partial charge in [0.15, 0.2) is 18.1 Å². The van der Waals surface area contributed by atoms with Gasteiger partial charge < -0.3 is 18.9 Å². The van der Waals surface area contributed by atoms with Crippen molar-refractivity contribution in [1.82, 2.24) is 0 Å². The highest BCUT2D eigenvalue weighted by Gasteiger charge is 2.59. The summed E-state index contributed by atoms with van der Waals surface area (Å²) in [6, 6.07) is 0. The summed E-state index contributed by atoms with van der Waals surface area (Å²) in [5, 5.41) is 0. The second-order valence-electron chi connectivity index (χ2n) is 4.86. The van der Waals surface area contributed by atoms with Crippen LogP contribution in [0.3, 0.4) is 0 Å². The molecule has 5 unspecified atom stereocenters. The minimum atomic E-state index is -1.25. The Labute approximate surface area is 115 Å². The second-order valence-corrected chi connectivity index (χ2v) is 4.86. The number of hydrogen-bond donors (Lipinski definition) is 0. The van der Waals surface area contributed by atoms with Crippen molar-refractivity contribution in [2.75, 3.05) is 7.11 Å². The van der Waals surface area contributed by atoms with E-state index in [0.717, 1.165) is 7.11 Å². The van der Waals surface area contributed by atoms with Crippen molar-refractivity contribution < 1.29 is 33.3 Å². The van der Waals surface area contributed by atoms with Crippen LogP contribution in [-0.4, -0.2) is 49.4 Å². The van der Waals surface area contributed by atoms with Crippen molar-refractivity contribution in [3.05, 3.63) is 12.2 Å². The Bertz CT molecular complexity index is 469. The topological polar surface area (TPSA) is 88.1 Å². The summed E-state index contributed by atoms with van der Waals surface area (Å²) in [6.45, 7) is 6.66. The van der Waals surface area contributed by atoms with Crippen molar-refractivity contribution in [2.24, 2.45) is 5.92 Å². The number of fused-ring (bicyclic) bond motifs is 2. The van der Waals surface area contributed by atoms with Crippen LogP contribution in [0, 0.1) is 5.92 Å². The van der Waals surface area contributed by atoms with E-state index in [0.29, 0.717) is 0 Å². The number of ether oxygens (including phenoxy) is 4. The lowest BCUT2D eigenvalue weighted by atomic mass is 9.93. The van der Waals surface area contributed by atoms with Gasteiger partial charge in [-0.15, -0.1) is 0 Å². The molecule has 110 valence electrons. The van der Waals surface area contributed by atoms with Gasteiger partial charge in [-0.25, -0.2) is 4.79 Å². The first-order valence-electron chi connectivity index (χ1n) is 6.17. The van der Waals surface area contributed by atoms with Crippen LogP contribution in [0.1, 0.15) is 13.8 Å². The van der Waals surface area contributed by atoms with Gasteiger partial charge in [0, 0.05) is 5.57 Å². The maximum absolute atomic E-state index is 11.8. The van der Waals surface area contributed by atoms with E-state index < -0.39 is 48.2 Å². The van der Waals surface area contributed by atoms with E-state index in [1.165, 1.54) is 6.92 Å². The molecular formula is C13H16O7. The summed E-state index contributed by atoms with van der Waals surface area (Å²) in [6.07, 6.45) is -2.93. The normalized spacial score (nSPS) is 35.1. The number of methoxy groups -OCH3 is 1. The lowest BCUT2D eigenvalue weighted by Crippen LogP contribution is -2.52. The first-order chi connectivity index (χ1) is 9.36. The number of hydrogen-bond acceptors (Lipinski definition) is 7. The number of carbonyl (C=O) groups is 3. The molecule has 0 aromatic rings. The Morgan fingerprint density at radius 3 is 2.50 bits per heavy atom. The Morgan fingerprint density at radius 2 is 1.95 bits per heavy atom. The van der Waals surface area contributed by atoms with Gasteiger partial charge in [-0.05, 0) is 13.8 Å². The molecule has 2 aliphatic heterocycles. The zero-order chi connectivity index (χ0) is 15.0. The Hall–Kier alpha value is -1.89. The van der Waals surface area contributed by atoms with Crippen molar-refractivity contribution >= 4 is 17.9 Å². The van der Waals surface area contributed by atoms with Gasteiger partial charge >= 0.3 is 17.9 Å². The molecule has 2 saturated heterocycles. The number of carbonyl (C=O) groups excluding carboxylic acids is 3. The van der Waals surface area contributed by atoms with Crippen molar-refractivity contribution in [3.8, 4) is 0 Å². The molecule has 7 heteroatoms. The third-order valence-electron chi connectivity index (χ3n) is 3.36. The molecule has 0 saturated carbocycles. The molecule has 2 heterocycles. The van der Waals surface area contributed by atoms with E-state index in [-0.39, 0.29) is 5.57 Å². The molecule has 2 rings (SSSR count). The first kappa shape index (κ1) is 14.5. The third-order valence-corrected chi connectivity index (χ3v) is 3.36. The minimum absolute atomic E-state index is 0.212. The predicted octanol–water partition coefficient (Wildman–Crippen LogP) is -0.0238. The average molecular weight is 284 g/mol. The summed E-state index contributed by atoms with van der Waals surface area (Å²) < 4.78 is 20.5. The molecule has 0 aromatic heterocycles. The van der Waals surface area contributed by atoms with Gasteiger partial charge in [0.25, 0.3) is 0 Å². The fourth-order valence-electron chi connectivity index (χ4n) is 2.35. The van der Waals surface area contributed by atoms with E-state index in [1.54, 1.807) is 6.92 Å². The van der Waals surface area contributed by atoms with Crippen LogP contribution >= 0.6 is 0 Å². The van der Waals surface area contributed by atoms with Gasteiger partial charge in [-0.3, -0.25) is 9.59 Å². The molecule has 0 N–H and O–H groups in total. The van der Waals surface area contributed by atoms with Gasteiger partial charge in [0.05, 0.1) is 13.2 Å². The maximum atomic E-state index is 11.8. The summed E-state index contributed by atoms with van der Waals surface area (Å²) in [5.41, 5.74) is 0.212. The highest BCUT2D eigenvalue weighted by Crippen LogP contribution is 2.37. The van der Waals surface area contributed by atoms with Crippen LogP contribution in [0.25, 0.3) is 0 Å². The molecule has 2 fully saturated rings. The van der Waals surface area contributed by atoms with Gasteiger partial charge in [0.1, 0.15) is 6.10 Å². The first-order valence-corrected chi connectivity index (χ1v) is 6.17. The Morgan fingerprint density at radius 1 is 1.30 bits per heavy atom. The zero-order valence-corrected chi connectivity index (χ0v) is 11.5. The average Bonchev–Trinajstić information content (AvgIpc) is 2.59. The van der Waals surface area contributed by atoms with Crippen LogP contribution in [-0.2, 0) is 33.3 Å². The molecule has 7 nitrogen and oxygen atoms in total. The lowest BCUT2D eigenvalue weighted by Gasteiger charge is -2.31. The molecule has 5 atom stereocenters. The summed E-state index contributed by atoms with van der Waals surface area (Å²) in [4.78, 5) is 35.1. The van der Waals surface area contributed by atoms with Gasteiger partial charge in [0.2, 0.25) is 0 Å². The largest absolute Gasteiger partial charge is 0.468 e. The number of esters is 3. The SMILES string of the molecule is C=C(C)C(=O)OC1C2OC(=O)C(C(=O)OC)C1OC2C. The maximum Gasteiger partial charge on any atom is 0.333 e. The molecule has 0 spiro atoms. The lowest BCUT2D eigenvalue weighted by molar-refractivity contribution is -0.187. The highest BCUT2D eigenvalue weighted by atomic mass is 16.7. The fourth-order valence-corrected chi connectivity index (χ4v) is 2.35. The monoisotopic (exact) mass is 284 g/mol. The molecule has 0 aromatic carbocycles. The van der Waals surface area contributed by atoms with E-state index in [2.05, 4.69) is 11.3 Å². The summed E-state index contributed by atoms with van der Waals surface area (Å²) in [7, 11) is 1.16.